The number of carbonyl (C=O) groups is 1. The molecule has 124 valence electrons. The fourth-order valence-electron chi connectivity index (χ4n) is 4.01. The van der Waals surface area contributed by atoms with Gasteiger partial charge in [-0.15, -0.1) is 0 Å². The van der Waals surface area contributed by atoms with Crippen LogP contribution in [-0.4, -0.2) is 10.9 Å². The molecule has 24 heavy (non-hydrogen) atoms. The van der Waals surface area contributed by atoms with Crippen LogP contribution in [0.15, 0.2) is 18.2 Å². The summed E-state index contributed by atoms with van der Waals surface area (Å²) >= 11 is 6.19. The number of H-pyrrole nitrogens is 1. The van der Waals surface area contributed by atoms with Gasteiger partial charge in [-0.1, -0.05) is 18.5 Å². The molecule has 1 amide bonds. The molecule has 3 nitrogen and oxygen atoms in total. The standard InChI is InChI=1S/C20H21ClN2O/c1-3-12-5-4-6-18-15(12)9-14(22-18)10-17-16-8-13(21)7-11(2)19(16)23-20(17)24/h7-10,12,22H,3-6H2,1-2H3,(H,23,24). The van der Waals surface area contributed by atoms with Gasteiger partial charge in [-0.25, -0.2) is 0 Å². The number of nitrogens with one attached hydrogen (secondary N) is 2. The van der Waals surface area contributed by atoms with Crippen LogP contribution in [0.4, 0.5) is 5.69 Å². The predicted molar refractivity (Wildman–Crippen MR) is 99.5 cm³/mol. The van der Waals surface area contributed by atoms with Crippen molar-refractivity contribution in [2.45, 2.75) is 45.4 Å². The van der Waals surface area contributed by atoms with E-state index >= 15 is 0 Å². The number of aryl methyl sites for hydroxylation is 2. The van der Waals surface area contributed by atoms with E-state index in [9.17, 15) is 4.79 Å². The Morgan fingerprint density at radius 2 is 2.17 bits per heavy atom. The number of amides is 1. The van der Waals surface area contributed by atoms with Gasteiger partial charge < -0.3 is 10.3 Å². The second-order valence-electron chi connectivity index (χ2n) is 6.81. The maximum Gasteiger partial charge on any atom is 0.256 e. The molecular weight excluding hydrogens is 320 g/mol. The minimum Gasteiger partial charge on any atom is -0.359 e. The number of fused-ring (bicyclic) bond motifs is 2. The van der Waals surface area contributed by atoms with E-state index in [0.717, 1.165) is 28.9 Å². The normalized spacial score (nSPS) is 20.9. The average molecular weight is 341 g/mol. The SMILES string of the molecule is CCC1CCCc2[nH]c(C=C3C(=O)Nc4c(C)cc(Cl)cc43)cc21. The number of carbonyl (C=O) groups excluding carboxylic acids is 1. The Balaban J connectivity index is 1.78. The lowest BCUT2D eigenvalue weighted by Gasteiger charge is -2.20. The number of anilines is 1. The first-order valence-electron chi connectivity index (χ1n) is 8.62. The van der Waals surface area contributed by atoms with Crippen LogP contribution in [0.25, 0.3) is 11.6 Å². The fourth-order valence-corrected chi connectivity index (χ4v) is 4.29. The second-order valence-corrected chi connectivity index (χ2v) is 7.25. The lowest BCUT2D eigenvalue weighted by molar-refractivity contribution is -0.110. The second kappa shape index (κ2) is 5.82. The van der Waals surface area contributed by atoms with E-state index in [4.69, 9.17) is 11.6 Å². The van der Waals surface area contributed by atoms with Gasteiger partial charge in [0, 0.05) is 22.0 Å². The summed E-state index contributed by atoms with van der Waals surface area (Å²) in [4.78, 5) is 15.9. The molecule has 2 aromatic rings. The van der Waals surface area contributed by atoms with Crippen molar-refractivity contribution in [1.82, 2.24) is 4.98 Å². The zero-order valence-electron chi connectivity index (χ0n) is 14.0. The first kappa shape index (κ1) is 15.5. The lowest BCUT2D eigenvalue weighted by Crippen LogP contribution is -2.07. The van der Waals surface area contributed by atoms with E-state index in [2.05, 4.69) is 23.3 Å². The zero-order chi connectivity index (χ0) is 16.8. The molecule has 1 aliphatic heterocycles. The Hall–Kier alpha value is -2.00. The van der Waals surface area contributed by atoms with Crippen molar-refractivity contribution in [3.8, 4) is 0 Å². The van der Waals surface area contributed by atoms with Gasteiger partial charge in [0.2, 0.25) is 0 Å². The van der Waals surface area contributed by atoms with Crippen molar-refractivity contribution in [3.05, 3.63) is 51.3 Å². The molecule has 0 spiro atoms. The van der Waals surface area contributed by atoms with Crippen LogP contribution < -0.4 is 5.32 Å². The number of hydrogen-bond acceptors (Lipinski definition) is 1. The Morgan fingerprint density at radius 1 is 1.33 bits per heavy atom. The van der Waals surface area contributed by atoms with Crippen LogP contribution in [-0.2, 0) is 11.2 Å². The maximum absolute atomic E-state index is 12.4. The minimum absolute atomic E-state index is 0.0602. The third kappa shape index (κ3) is 2.48. The van der Waals surface area contributed by atoms with E-state index in [0.29, 0.717) is 16.5 Å². The molecule has 1 aromatic carbocycles. The van der Waals surface area contributed by atoms with E-state index in [1.165, 1.54) is 30.5 Å². The monoisotopic (exact) mass is 340 g/mol. The summed E-state index contributed by atoms with van der Waals surface area (Å²) in [5.41, 5.74) is 7.21. The third-order valence-corrected chi connectivity index (χ3v) is 5.46. The van der Waals surface area contributed by atoms with Crippen molar-refractivity contribution < 1.29 is 4.79 Å². The summed E-state index contributed by atoms with van der Waals surface area (Å²) in [7, 11) is 0. The van der Waals surface area contributed by atoms with Crippen molar-refractivity contribution in [1.29, 1.82) is 0 Å². The minimum atomic E-state index is -0.0602. The maximum atomic E-state index is 12.4. The molecule has 0 radical (unpaired) electrons. The van der Waals surface area contributed by atoms with E-state index < -0.39 is 0 Å². The summed E-state index contributed by atoms with van der Waals surface area (Å²) in [6.45, 7) is 4.21. The van der Waals surface area contributed by atoms with Gasteiger partial charge in [-0.3, -0.25) is 4.79 Å². The number of aromatic nitrogens is 1. The van der Waals surface area contributed by atoms with Gasteiger partial charge in [-0.05, 0) is 73.9 Å². The van der Waals surface area contributed by atoms with Gasteiger partial charge in [0.05, 0.1) is 11.3 Å². The van der Waals surface area contributed by atoms with Crippen LogP contribution in [0, 0.1) is 6.92 Å². The highest BCUT2D eigenvalue weighted by molar-refractivity contribution is 6.37. The molecule has 4 rings (SSSR count). The first-order chi connectivity index (χ1) is 11.6. The Morgan fingerprint density at radius 3 is 2.96 bits per heavy atom. The Kier molecular flexibility index (Phi) is 3.76. The Bertz CT molecular complexity index is 863. The highest BCUT2D eigenvalue weighted by atomic mass is 35.5. The highest BCUT2D eigenvalue weighted by Gasteiger charge is 2.27. The van der Waals surface area contributed by atoms with Crippen molar-refractivity contribution >= 4 is 34.8 Å². The smallest absolute Gasteiger partial charge is 0.256 e. The molecule has 2 heterocycles. The molecule has 1 aromatic heterocycles. The number of hydrogen-bond donors (Lipinski definition) is 2. The topological polar surface area (TPSA) is 44.9 Å². The summed E-state index contributed by atoms with van der Waals surface area (Å²) in [6, 6.07) is 5.96. The molecule has 0 saturated heterocycles. The van der Waals surface area contributed by atoms with Crippen LogP contribution in [0.3, 0.4) is 0 Å². The molecule has 4 heteroatoms. The molecule has 0 fully saturated rings. The number of halogens is 1. The zero-order valence-corrected chi connectivity index (χ0v) is 14.8. The van der Waals surface area contributed by atoms with Crippen LogP contribution in [0.5, 0.6) is 0 Å². The third-order valence-electron chi connectivity index (χ3n) is 5.24. The summed E-state index contributed by atoms with van der Waals surface area (Å²) in [5, 5.41) is 3.62. The Labute approximate surface area is 147 Å². The number of aromatic amines is 1. The van der Waals surface area contributed by atoms with Crippen LogP contribution in [0.2, 0.25) is 5.02 Å². The molecular formula is C20H21ClN2O. The lowest BCUT2D eigenvalue weighted by atomic mass is 9.85. The summed E-state index contributed by atoms with van der Waals surface area (Å²) in [5.74, 6) is 0.577. The molecule has 2 aliphatic rings. The number of benzene rings is 1. The molecule has 1 unspecified atom stereocenters. The molecule has 0 saturated carbocycles. The predicted octanol–water partition coefficient (Wildman–Crippen LogP) is 5.30. The van der Waals surface area contributed by atoms with Gasteiger partial charge in [0.25, 0.3) is 5.91 Å². The highest BCUT2D eigenvalue weighted by Crippen LogP contribution is 2.39. The van der Waals surface area contributed by atoms with E-state index in [1.807, 2.05) is 25.1 Å². The molecule has 2 N–H and O–H groups in total. The quantitative estimate of drug-likeness (QED) is 0.716. The van der Waals surface area contributed by atoms with Crippen LogP contribution >= 0.6 is 11.6 Å². The summed E-state index contributed by atoms with van der Waals surface area (Å²) in [6.07, 6.45) is 6.72. The molecule has 1 atom stereocenters. The van der Waals surface area contributed by atoms with E-state index in [1.54, 1.807) is 0 Å². The summed E-state index contributed by atoms with van der Waals surface area (Å²) < 4.78 is 0. The van der Waals surface area contributed by atoms with Crippen LogP contribution in [0.1, 0.15) is 60.2 Å². The number of rotatable bonds is 2. The average Bonchev–Trinajstić information content (AvgIpc) is 3.09. The van der Waals surface area contributed by atoms with Crippen molar-refractivity contribution in [2.75, 3.05) is 5.32 Å². The molecule has 0 bridgehead atoms. The van der Waals surface area contributed by atoms with Gasteiger partial charge in [0.1, 0.15) is 0 Å². The van der Waals surface area contributed by atoms with Gasteiger partial charge in [0.15, 0.2) is 0 Å². The van der Waals surface area contributed by atoms with Gasteiger partial charge in [-0.2, -0.15) is 0 Å². The van der Waals surface area contributed by atoms with Gasteiger partial charge >= 0.3 is 0 Å². The van der Waals surface area contributed by atoms with Crippen molar-refractivity contribution in [2.24, 2.45) is 0 Å². The van der Waals surface area contributed by atoms with Crippen molar-refractivity contribution in [3.63, 3.8) is 0 Å². The fraction of sp³-hybridized carbons (Fsp3) is 0.350. The largest absolute Gasteiger partial charge is 0.359 e. The first-order valence-corrected chi connectivity index (χ1v) is 9.00. The van der Waals surface area contributed by atoms with E-state index in [-0.39, 0.29) is 5.91 Å². The molecule has 1 aliphatic carbocycles.